The van der Waals surface area contributed by atoms with Gasteiger partial charge >= 0.3 is 0 Å². The maximum atomic E-state index is 8.95. The van der Waals surface area contributed by atoms with E-state index in [2.05, 4.69) is 4.98 Å². The standard InChI is InChI=1S/C10H8N4S/c1-15-10-7(6-11)9(12)14-5-3-2-4-8(14)13-10/h2-5,12H,1H3. The molecule has 1 N–H and O–H groups in total. The molecule has 0 atom stereocenters. The minimum absolute atomic E-state index is 0.187. The Hall–Kier alpha value is -1.80. The van der Waals surface area contributed by atoms with Gasteiger partial charge in [-0.25, -0.2) is 4.98 Å². The summed E-state index contributed by atoms with van der Waals surface area (Å²) in [6, 6.07) is 7.50. The van der Waals surface area contributed by atoms with Gasteiger partial charge in [-0.05, 0) is 18.4 Å². The summed E-state index contributed by atoms with van der Waals surface area (Å²) in [6.45, 7) is 0. The van der Waals surface area contributed by atoms with E-state index in [-0.39, 0.29) is 5.49 Å². The van der Waals surface area contributed by atoms with Gasteiger partial charge in [-0.1, -0.05) is 6.07 Å². The number of fused-ring (bicyclic) bond motifs is 1. The van der Waals surface area contributed by atoms with Crippen LogP contribution in [0.15, 0.2) is 29.4 Å². The fourth-order valence-corrected chi connectivity index (χ4v) is 1.88. The van der Waals surface area contributed by atoms with Crippen molar-refractivity contribution in [3.63, 3.8) is 0 Å². The van der Waals surface area contributed by atoms with Gasteiger partial charge in [0.25, 0.3) is 0 Å². The molecule has 2 aromatic rings. The molecule has 0 amide bonds. The van der Waals surface area contributed by atoms with Crippen LogP contribution in [-0.2, 0) is 0 Å². The fourth-order valence-electron chi connectivity index (χ4n) is 1.34. The first kappa shape index (κ1) is 9.74. The van der Waals surface area contributed by atoms with Gasteiger partial charge in [0.2, 0.25) is 0 Å². The average molecular weight is 216 g/mol. The molecule has 4 nitrogen and oxygen atoms in total. The third-order valence-corrected chi connectivity index (χ3v) is 2.73. The molecule has 0 bridgehead atoms. The molecule has 2 aromatic heterocycles. The lowest BCUT2D eigenvalue weighted by Crippen LogP contribution is -2.19. The van der Waals surface area contributed by atoms with Crippen molar-refractivity contribution in [2.45, 2.75) is 5.03 Å². The highest BCUT2D eigenvalue weighted by atomic mass is 32.2. The topological polar surface area (TPSA) is 64.9 Å². The summed E-state index contributed by atoms with van der Waals surface area (Å²) in [5, 5.41) is 17.4. The van der Waals surface area contributed by atoms with Crippen LogP contribution in [0.5, 0.6) is 0 Å². The highest BCUT2D eigenvalue weighted by Gasteiger charge is 2.07. The largest absolute Gasteiger partial charge is 0.285 e. The lowest BCUT2D eigenvalue weighted by atomic mass is 10.3. The van der Waals surface area contributed by atoms with E-state index in [1.807, 2.05) is 30.5 Å². The van der Waals surface area contributed by atoms with Gasteiger partial charge in [-0.3, -0.25) is 9.81 Å². The zero-order valence-corrected chi connectivity index (χ0v) is 8.88. The van der Waals surface area contributed by atoms with E-state index in [1.54, 1.807) is 10.6 Å². The van der Waals surface area contributed by atoms with Crippen LogP contribution in [0, 0.1) is 16.7 Å². The summed E-state index contributed by atoms with van der Waals surface area (Å²) in [6.07, 6.45) is 3.58. The van der Waals surface area contributed by atoms with Crippen molar-refractivity contribution in [2.24, 2.45) is 0 Å². The number of thioether (sulfide) groups is 1. The van der Waals surface area contributed by atoms with Crippen LogP contribution in [-0.4, -0.2) is 15.6 Å². The van der Waals surface area contributed by atoms with E-state index >= 15 is 0 Å². The number of aromatic nitrogens is 2. The first-order chi connectivity index (χ1) is 7.27. The molecule has 0 saturated carbocycles. The summed E-state index contributed by atoms with van der Waals surface area (Å²) in [5.41, 5.74) is 1.20. The quantitative estimate of drug-likeness (QED) is 0.579. The van der Waals surface area contributed by atoms with E-state index in [0.717, 1.165) is 0 Å². The van der Waals surface area contributed by atoms with Crippen molar-refractivity contribution in [1.82, 2.24) is 9.38 Å². The van der Waals surface area contributed by atoms with E-state index in [0.29, 0.717) is 16.2 Å². The molecular formula is C10H8N4S. The molecule has 0 radical (unpaired) electrons. The molecule has 74 valence electrons. The van der Waals surface area contributed by atoms with Gasteiger partial charge in [0.05, 0.1) is 0 Å². The third kappa shape index (κ3) is 1.49. The van der Waals surface area contributed by atoms with E-state index in [4.69, 9.17) is 10.7 Å². The number of hydrogen-bond acceptors (Lipinski definition) is 4. The Morgan fingerprint density at radius 1 is 1.53 bits per heavy atom. The molecule has 0 aliphatic rings. The van der Waals surface area contributed by atoms with Gasteiger partial charge in [-0.15, -0.1) is 11.8 Å². The van der Waals surface area contributed by atoms with E-state index in [1.165, 1.54) is 11.8 Å². The lowest BCUT2D eigenvalue weighted by Gasteiger charge is -2.04. The van der Waals surface area contributed by atoms with Gasteiger partial charge in [0.1, 0.15) is 22.3 Å². The Labute approximate surface area is 90.7 Å². The van der Waals surface area contributed by atoms with Gasteiger partial charge in [-0.2, -0.15) is 5.26 Å². The molecule has 2 rings (SSSR count). The molecule has 0 spiro atoms. The maximum absolute atomic E-state index is 8.95. The van der Waals surface area contributed by atoms with Crippen LogP contribution >= 0.6 is 11.8 Å². The molecule has 15 heavy (non-hydrogen) atoms. The highest BCUT2D eigenvalue weighted by molar-refractivity contribution is 7.98. The summed E-state index contributed by atoms with van der Waals surface area (Å²) in [4.78, 5) is 4.31. The number of pyridine rings is 1. The Bertz CT molecular complexity index is 609. The Balaban J connectivity index is 2.96. The molecule has 0 aliphatic carbocycles. The van der Waals surface area contributed by atoms with Crippen molar-refractivity contribution in [1.29, 1.82) is 10.7 Å². The van der Waals surface area contributed by atoms with Gasteiger partial charge in [0, 0.05) is 6.20 Å². The molecule has 0 unspecified atom stereocenters. The summed E-state index contributed by atoms with van der Waals surface area (Å²) >= 11 is 1.38. The fraction of sp³-hybridized carbons (Fsp3) is 0.100. The molecule has 2 heterocycles. The van der Waals surface area contributed by atoms with Crippen molar-refractivity contribution in [3.8, 4) is 6.07 Å². The van der Waals surface area contributed by atoms with Gasteiger partial charge < -0.3 is 0 Å². The number of rotatable bonds is 1. The predicted molar refractivity (Wildman–Crippen MR) is 57.5 cm³/mol. The normalized spacial score (nSPS) is 10.1. The van der Waals surface area contributed by atoms with Crippen molar-refractivity contribution < 1.29 is 0 Å². The SMILES string of the molecule is CSc1nc2ccccn2c(=N)c1C#N. The minimum Gasteiger partial charge on any atom is -0.285 e. The first-order valence-corrected chi connectivity index (χ1v) is 5.50. The number of nitrogens with zero attached hydrogens (tertiary/aromatic N) is 3. The Morgan fingerprint density at radius 2 is 2.33 bits per heavy atom. The van der Waals surface area contributed by atoms with Crippen LogP contribution < -0.4 is 5.49 Å². The minimum atomic E-state index is 0.187. The number of nitriles is 1. The second kappa shape index (κ2) is 3.75. The van der Waals surface area contributed by atoms with Crippen LogP contribution in [0.1, 0.15) is 5.56 Å². The summed E-state index contributed by atoms with van der Waals surface area (Å²) in [5.74, 6) is 0. The average Bonchev–Trinajstić information content (AvgIpc) is 2.29. The molecule has 5 heteroatoms. The monoisotopic (exact) mass is 216 g/mol. The van der Waals surface area contributed by atoms with Gasteiger partial charge in [0.15, 0.2) is 5.49 Å². The summed E-state index contributed by atoms with van der Waals surface area (Å²) in [7, 11) is 0. The predicted octanol–water partition coefficient (Wildman–Crippen LogP) is 1.41. The maximum Gasteiger partial charge on any atom is 0.151 e. The first-order valence-electron chi connectivity index (χ1n) is 4.28. The zero-order chi connectivity index (χ0) is 10.8. The zero-order valence-electron chi connectivity index (χ0n) is 8.06. The lowest BCUT2D eigenvalue weighted by molar-refractivity contribution is 0.915. The van der Waals surface area contributed by atoms with Crippen LogP contribution in [0.25, 0.3) is 5.65 Å². The molecule has 0 saturated heterocycles. The van der Waals surface area contributed by atoms with Crippen molar-refractivity contribution in [3.05, 3.63) is 35.4 Å². The summed E-state index contributed by atoms with van der Waals surface area (Å²) < 4.78 is 1.60. The highest BCUT2D eigenvalue weighted by Crippen LogP contribution is 2.14. The molecule has 0 aromatic carbocycles. The third-order valence-electron chi connectivity index (χ3n) is 2.05. The van der Waals surface area contributed by atoms with Crippen LogP contribution in [0.2, 0.25) is 0 Å². The van der Waals surface area contributed by atoms with Crippen molar-refractivity contribution in [2.75, 3.05) is 6.26 Å². The smallest absolute Gasteiger partial charge is 0.151 e. The Kier molecular flexibility index (Phi) is 2.44. The molecule has 0 aliphatic heterocycles. The van der Waals surface area contributed by atoms with E-state index in [9.17, 15) is 0 Å². The van der Waals surface area contributed by atoms with Crippen LogP contribution in [0.3, 0.4) is 0 Å². The molecular weight excluding hydrogens is 208 g/mol. The van der Waals surface area contributed by atoms with E-state index < -0.39 is 0 Å². The Morgan fingerprint density at radius 3 is 3.00 bits per heavy atom. The second-order valence-electron chi connectivity index (χ2n) is 2.89. The number of nitrogens with one attached hydrogen (secondary N) is 1. The second-order valence-corrected chi connectivity index (χ2v) is 3.68. The van der Waals surface area contributed by atoms with Crippen molar-refractivity contribution >= 4 is 17.4 Å². The molecule has 0 fully saturated rings. The van der Waals surface area contributed by atoms with Crippen LogP contribution in [0.4, 0.5) is 0 Å². The number of hydrogen-bond donors (Lipinski definition) is 1.